The molecule has 110 valence electrons. The number of rotatable bonds is 4. The van der Waals surface area contributed by atoms with Crippen LogP contribution in [0.3, 0.4) is 0 Å². The number of urea groups is 1. The summed E-state index contributed by atoms with van der Waals surface area (Å²) in [5, 5.41) is 14.4. The first-order valence-electron chi connectivity index (χ1n) is 6.58. The predicted octanol–water partition coefficient (Wildman–Crippen LogP) is 3.17. The number of hydrogen-bond acceptors (Lipinski definition) is 3. The average Bonchev–Trinajstić information content (AvgIpc) is 2.45. The number of carbonyl (C=O) groups excluding carboxylic acids is 1. The van der Waals surface area contributed by atoms with E-state index in [9.17, 15) is 4.79 Å². The zero-order chi connectivity index (χ0) is 15.2. The van der Waals surface area contributed by atoms with Gasteiger partial charge in [-0.05, 0) is 61.4 Å². The second-order valence-corrected chi connectivity index (χ2v) is 4.71. The Morgan fingerprint density at radius 3 is 2.48 bits per heavy atom. The number of aromatic hydroxyl groups is 1. The molecule has 0 aliphatic carbocycles. The van der Waals surface area contributed by atoms with Gasteiger partial charge in [0.15, 0.2) is 6.73 Å². The fourth-order valence-corrected chi connectivity index (χ4v) is 1.71. The molecule has 2 amide bonds. The van der Waals surface area contributed by atoms with Crippen LogP contribution < -0.4 is 15.4 Å². The molecule has 0 bridgehead atoms. The van der Waals surface area contributed by atoms with Gasteiger partial charge in [-0.1, -0.05) is 6.07 Å². The Hall–Kier alpha value is -2.69. The molecule has 2 aromatic rings. The molecular weight excluding hydrogens is 268 g/mol. The molecule has 0 radical (unpaired) electrons. The van der Waals surface area contributed by atoms with Gasteiger partial charge in [0.1, 0.15) is 11.5 Å². The minimum Gasteiger partial charge on any atom is -0.508 e. The summed E-state index contributed by atoms with van der Waals surface area (Å²) in [6, 6.07) is 11.6. The number of nitrogens with one attached hydrogen (secondary N) is 2. The van der Waals surface area contributed by atoms with Gasteiger partial charge in [-0.2, -0.15) is 0 Å². The lowest BCUT2D eigenvalue weighted by Crippen LogP contribution is -2.31. The van der Waals surface area contributed by atoms with E-state index in [1.165, 1.54) is 17.7 Å². The number of phenolic OH excluding ortho intramolecular Hbond substituents is 1. The zero-order valence-corrected chi connectivity index (χ0v) is 12.0. The molecule has 0 aliphatic rings. The maximum absolute atomic E-state index is 11.6. The smallest absolute Gasteiger partial charge is 0.321 e. The minimum absolute atomic E-state index is 0.0758. The molecule has 5 heteroatoms. The standard InChI is InChI=1S/C16H18N2O3/c1-11-3-8-15(9-12(11)2)21-10-17-16(20)18-13-4-6-14(19)7-5-13/h3-9,19H,10H2,1-2H3,(H2,17,18,20). The molecule has 3 N–H and O–H groups in total. The first kappa shape index (κ1) is 14.7. The Morgan fingerprint density at radius 2 is 1.81 bits per heavy atom. The third-order valence-corrected chi connectivity index (χ3v) is 3.08. The highest BCUT2D eigenvalue weighted by Gasteiger charge is 2.02. The van der Waals surface area contributed by atoms with Gasteiger partial charge in [0.05, 0.1) is 0 Å². The molecule has 2 rings (SSSR count). The quantitative estimate of drug-likeness (QED) is 0.597. The van der Waals surface area contributed by atoms with Crippen molar-refractivity contribution in [2.24, 2.45) is 0 Å². The van der Waals surface area contributed by atoms with Gasteiger partial charge in [0, 0.05) is 5.69 Å². The van der Waals surface area contributed by atoms with Crippen molar-refractivity contribution in [1.82, 2.24) is 5.32 Å². The third kappa shape index (κ3) is 4.42. The van der Waals surface area contributed by atoms with Crippen molar-refractivity contribution in [2.75, 3.05) is 12.0 Å². The lowest BCUT2D eigenvalue weighted by molar-refractivity contribution is 0.234. The molecule has 0 spiro atoms. The van der Waals surface area contributed by atoms with Crippen LogP contribution in [0, 0.1) is 13.8 Å². The van der Waals surface area contributed by atoms with E-state index >= 15 is 0 Å². The Labute approximate surface area is 123 Å². The Balaban J connectivity index is 1.78. The molecule has 2 aromatic carbocycles. The van der Waals surface area contributed by atoms with Crippen LogP contribution in [0.25, 0.3) is 0 Å². The van der Waals surface area contributed by atoms with E-state index in [4.69, 9.17) is 9.84 Å². The molecule has 0 saturated carbocycles. The summed E-state index contributed by atoms with van der Waals surface area (Å²) in [6.45, 7) is 4.11. The fourth-order valence-electron chi connectivity index (χ4n) is 1.71. The number of amides is 2. The SMILES string of the molecule is Cc1ccc(OCNC(=O)Nc2ccc(O)cc2)cc1C. The molecule has 0 atom stereocenters. The summed E-state index contributed by atoms with van der Waals surface area (Å²) in [5.41, 5.74) is 2.93. The molecular formula is C16H18N2O3. The van der Waals surface area contributed by atoms with Crippen LogP contribution in [0.1, 0.15) is 11.1 Å². The van der Waals surface area contributed by atoms with Crippen molar-refractivity contribution < 1.29 is 14.6 Å². The van der Waals surface area contributed by atoms with Crippen LogP contribution in [-0.2, 0) is 0 Å². The van der Waals surface area contributed by atoms with Crippen LogP contribution in [0.4, 0.5) is 10.5 Å². The molecule has 21 heavy (non-hydrogen) atoms. The van der Waals surface area contributed by atoms with Crippen molar-refractivity contribution >= 4 is 11.7 Å². The zero-order valence-electron chi connectivity index (χ0n) is 12.0. The number of phenols is 1. The van der Waals surface area contributed by atoms with Crippen LogP contribution in [-0.4, -0.2) is 17.9 Å². The second-order valence-electron chi connectivity index (χ2n) is 4.71. The predicted molar refractivity (Wildman–Crippen MR) is 81.7 cm³/mol. The van der Waals surface area contributed by atoms with Crippen molar-refractivity contribution in [3.63, 3.8) is 0 Å². The van der Waals surface area contributed by atoms with Crippen molar-refractivity contribution in [2.45, 2.75) is 13.8 Å². The minimum atomic E-state index is -0.371. The van der Waals surface area contributed by atoms with Gasteiger partial charge in [-0.3, -0.25) is 0 Å². The Kier molecular flexibility index (Phi) is 4.66. The van der Waals surface area contributed by atoms with E-state index in [-0.39, 0.29) is 18.5 Å². The summed E-state index contributed by atoms with van der Waals surface area (Å²) in [6.07, 6.45) is 0. The topological polar surface area (TPSA) is 70.6 Å². The largest absolute Gasteiger partial charge is 0.508 e. The number of anilines is 1. The number of aryl methyl sites for hydroxylation is 2. The first-order chi connectivity index (χ1) is 10.0. The summed E-state index contributed by atoms with van der Waals surface area (Å²) >= 11 is 0. The first-order valence-corrected chi connectivity index (χ1v) is 6.58. The number of carbonyl (C=O) groups is 1. The number of hydrogen-bond donors (Lipinski definition) is 3. The lowest BCUT2D eigenvalue weighted by Gasteiger charge is -2.10. The maximum atomic E-state index is 11.6. The van der Waals surface area contributed by atoms with Crippen molar-refractivity contribution in [1.29, 1.82) is 0 Å². The van der Waals surface area contributed by atoms with E-state index in [1.54, 1.807) is 12.1 Å². The van der Waals surface area contributed by atoms with E-state index < -0.39 is 0 Å². The van der Waals surface area contributed by atoms with Gasteiger partial charge in [-0.15, -0.1) is 0 Å². The van der Waals surface area contributed by atoms with Gasteiger partial charge >= 0.3 is 6.03 Å². The van der Waals surface area contributed by atoms with Crippen molar-refractivity contribution in [3.05, 3.63) is 53.6 Å². The highest BCUT2D eigenvalue weighted by Crippen LogP contribution is 2.16. The fraction of sp³-hybridized carbons (Fsp3) is 0.188. The van der Waals surface area contributed by atoms with Crippen molar-refractivity contribution in [3.8, 4) is 11.5 Å². The molecule has 0 heterocycles. The molecule has 0 fully saturated rings. The summed E-state index contributed by atoms with van der Waals surface area (Å²) < 4.78 is 5.46. The molecule has 0 aliphatic heterocycles. The molecule has 0 saturated heterocycles. The lowest BCUT2D eigenvalue weighted by atomic mass is 10.1. The van der Waals surface area contributed by atoms with Gasteiger partial charge in [0.2, 0.25) is 0 Å². The number of ether oxygens (including phenoxy) is 1. The van der Waals surface area contributed by atoms with Crippen LogP contribution in [0.2, 0.25) is 0 Å². The highest BCUT2D eigenvalue weighted by molar-refractivity contribution is 5.89. The Morgan fingerprint density at radius 1 is 1.10 bits per heavy atom. The van der Waals surface area contributed by atoms with Crippen LogP contribution >= 0.6 is 0 Å². The maximum Gasteiger partial charge on any atom is 0.321 e. The molecule has 5 nitrogen and oxygen atoms in total. The summed E-state index contributed by atoms with van der Waals surface area (Å²) in [5.74, 6) is 0.863. The summed E-state index contributed by atoms with van der Waals surface area (Å²) in [4.78, 5) is 11.6. The van der Waals surface area contributed by atoms with Gasteiger partial charge in [-0.25, -0.2) is 4.79 Å². The van der Waals surface area contributed by atoms with Gasteiger partial charge in [0.25, 0.3) is 0 Å². The van der Waals surface area contributed by atoms with Gasteiger partial charge < -0.3 is 20.5 Å². The van der Waals surface area contributed by atoms with E-state index in [1.807, 2.05) is 32.0 Å². The normalized spacial score (nSPS) is 10.0. The third-order valence-electron chi connectivity index (χ3n) is 3.08. The molecule has 0 aromatic heterocycles. The number of benzene rings is 2. The average molecular weight is 286 g/mol. The Bertz CT molecular complexity index is 624. The highest BCUT2D eigenvalue weighted by atomic mass is 16.5. The second kappa shape index (κ2) is 6.65. The molecule has 0 unspecified atom stereocenters. The van der Waals surface area contributed by atoms with E-state index in [2.05, 4.69) is 10.6 Å². The summed E-state index contributed by atoms with van der Waals surface area (Å²) in [7, 11) is 0. The van der Waals surface area contributed by atoms with Crippen LogP contribution in [0.15, 0.2) is 42.5 Å². The van der Waals surface area contributed by atoms with E-state index in [0.717, 1.165) is 5.56 Å². The monoisotopic (exact) mass is 286 g/mol. The van der Waals surface area contributed by atoms with Crippen LogP contribution in [0.5, 0.6) is 11.5 Å². The van der Waals surface area contributed by atoms with E-state index in [0.29, 0.717) is 11.4 Å².